The van der Waals surface area contributed by atoms with Crippen LogP contribution in [0.4, 0.5) is 5.69 Å². The van der Waals surface area contributed by atoms with Gasteiger partial charge in [0, 0.05) is 13.7 Å². The number of nitrogens with zero attached hydrogens (tertiary/aromatic N) is 3. The van der Waals surface area contributed by atoms with Crippen LogP contribution in [-0.4, -0.2) is 49.6 Å². The molecule has 6 N–H and O–H groups in total. The SMILES string of the molecule is COC1CNCCC1NC(=O)c1ccc(N(N)/C=N\N)cn1. The molecule has 2 rings (SSSR count). The van der Waals surface area contributed by atoms with E-state index in [1.165, 1.54) is 17.5 Å². The third kappa shape index (κ3) is 3.91. The summed E-state index contributed by atoms with van der Waals surface area (Å²) in [6, 6.07) is 3.23. The Bertz CT molecular complexity index is 520. The van der Waals surface area contributed by atoms with Crippen LogP contribution in [0, 0.1) is 0 Å². The minimum absolute atomic E-state index is 0.0318. The van der Waals surface area contributed by atoms with Gasteiger partial charge in [0.05, 0.1) is 24.0 Å². The molecule has 1 fully saturated rings. The van der Waals surface area contributed by atoms with Gasteiger partial charge in [0.15, 0.2) is 0 Å². The van der Waals surface area contributed by atoms with Gasteiger partial charge in [0.1, 0.15) is 12.0 Å². The van der Waals surface area contributed by atoms with Crippen molar-refractivity contribution in [2.45, 2.75) is 18.6 Å². The van der Waals surface area contributed by atoms with E-state index in [1.807, 2.05) is 0 Å². The Morgan fingerprint density at radius 3 is 3.09 bits per heavy atom. The maximum absolute atomic E-state index is 12.2. The second-order valence-electron chi connectivity index (χ2n) is 4.92. The first-order chi connectivity index (χ1) is 10.7. The number of hydrogen-bond donors (Lipinski definition) is 4. The zero-order valence-corrected chi connectivity index (χ0v) is 12.4. The molecule has 22 heavy (non-hydrogen) atoms. The number of hydrazone groups is 1. The molecule has 1 aliphatic heterocycles. The summed E-state index contributed by atoms with van der Waals surface area (Å²) in [4.78, 5) is 16.3. The number of piperidine rings is 1. The number of ether oxygens (including phenoxy) is 1. The first-order valence-electron chi connectivity index (χ1n) is 6.93. The molecule has 9 heteroatoms. The van der Waals surface area contributed by atoms with Crippen molar-refractivity contribution in [3.63, 3.8) is 0 Å². The fraction of sp³-hybridized carbons (Fsp3) is 0.462. The number of rotatable bonds is 5. The van der Waals surface area contributed by atoms with E-state index in [2.05, 4.69) is 20.7 Å². The van der Waals surface area contributed by atoms with Crippen LogP contribution in [0.2, 0.25) is 0 Å². The molecule has 9 nitrogen and oxygen atoms in total. The van der Waals surface area contributed by atoms with Gasteiger partial charge in [-0.05, 0) is 25.1 Å². The fourth-order valence-corrected chi connectivity index (χ4v) is 2.30. The van der Waals surface area contributed by atoms with E-state index >= 15 is 0 Å². The Labute approximate surface area is 128 Å². The summed E-state index contributed by atoms with van der Waals surface area (Å²) in [5, 5.41) is 10.7. The van der Waals surface area contributed by atoms with Crippen molar-refractivity contribution in [1.82, 2.24) is 15.6 Å². The van der Waals surface area contributed by atoms with Crippen LogP contribution in [0.3, 0.4) is 0 Å². The zero-order chi connectivity index (χ0) is 15.9. The van der Waals surface area contributed by atoms with Crippen LogP contribution in [0.15, 0.2) is 23.4 Å². The summed E-state index contributed by atoms with van der Waals surface area (Å²) in [5.41, 5.74) is 0.887. The summed E-state index contributed by atoms with van der Waals surface area (Å²) >= 11 is 0. The second kappa shape index (κ2) is 7.69. The molecule has 1 saturated heterocycles. The lowest BCUT2D eigenvalue weighted by atomic mass is 10.0. The molecule has 0 radical (unpaired) electrons. The van der Waals surface area contributed by atoms with E-state index in [1.54, 1.807) is 19.2 Å². The van der Waals surface area contributed by atoms with Gasteiger partial charge in [-0.3, -0.25) is 9.80 Å². The Hall–Kier alpha value is -2.23. The molecule has 1 aromatic heterocycles. The number of carbonyl (C=O) groups is 1. The van der Waals surface area contributed by atoms with Crippen LogP contribution >= 0.6 is 0 Å². The second-order valence-corrected chi connectivity index (χ2v) is 4.92. The number of nitrogens with one attached hydrogen (secondary N) is 2. The molecule has 2 atom stereocenters. The van der Waals surface area contributed by atoms with Gasteiger partial charge in [-0.2, -0.15) is 5.10 Å². The number of methoxy groups -OCH3 is 1. The van der Waals surface area contributed by atoms with Gasteiger partial charge in [0.2, 0.25) is 0 Å². The van der Waals surface area contributed by atoms with Crippen molar-refractivity contribution >= 4 is 17.9 Å². The van der Waals surface area contributed by atoms with Gasteiger partial charge in [0.25, 0.3) is 5.91 Å². The summed E-state index contributed by atoms with van der Waals surface area (Å²) in [6.45, 7) is 1.56. The van der Waals surface area contributed by atoms with Crippen molar-refractivity contribution in [1.29, 1.82) is 0 Å². The Kier molecular flexibility index (Phi) is 5.64. The number of aromatic nitrogens is 1. The lowest BCUT2D eigenvalue weighted by molar-refractivity contribution is 0.0475. The molecule has 0 aliphatic carbocycles. The predicted molar refractivity (Wildman–Crippen MR) is 83.1 cm³/mol. The van der Waals surface area contributed by atoms with Crippen molar-refractivity contribution < 1.29 is 9.53 Å². The van der Waals surface area contributed by atoms with Gasteiger partial charge in [-0.1, -0.05) is 0 Å². The third-order valence-corrected chi connectivity index (χ3v) is 3.52. The van der Waals surface area contributed by atoms with Gasteiger partial charge in [-0.15, -0.1) is 0 Å². The van der Waals surface area contributed by atoms with Crippen LogP contribution in [-0.2, 0) is 4.74 Å². The molecule has 1 aromatic rings. The molecule has 0 spiro atoms. The highest BCUT2D eigenvalue weighted by Gasteiger charge is 2.26. The minimum Gasteiger partial charge on any atom is -0.378 e. The van der Waals surface area contributed by atoms with Crippen molar-refractivity contribution in [3.05, 3.63) is 24.0 Å². The normalized spacial score (nSPS) is 21.7. The first-order valence-corrected chi connectivity index (χ1v) is 6.93. The van der Waals surface area contributed by atoms with E-state index in [0.29, 0.717) is 17.9 Å². The molecule has 0 bridgehead atoms. The molecular weight excluding hydrogens is 286 g/mol. The topological polar surface area (TPSA) is 131 Å². The van der Waals surface area contributed by atoms with E-state index in [0.717, 1.165) is 13.0 Å². The fourth-order valence-electron chi connectivity index (χ4n) is 2.30. The molecule has 2 heterocycles. The van der Waals surface area contributed by atoms with Crippen molar-refractivity contribution in [2.75, 3.05) is 25.2 Å². The van der Waals surface area contributed by atoms with Gasteiger partial charge >= 0.3 is 0 Å². The van der Waals surface area contributed by atoms with Crippen LogP contribution in [0.25, 0.3) is 0 Å². The maximum Gasteiger partial charge on any atom is 0.270 e. The van der Waals surface area contributed by atoms with Crippen LogP contribution in [0.1, 0.15) is 16.9 Å². The molecule has 0 saturated carbocycles. The Morgan fingerprint density at radius 2 is 2.45 bits per heavy atom. The van der Waals surface area contributed by atoms with Gasteiger partial charge < -0.3 is 21.2 Å². The highest BCUT2D eigenvalue weighted by molar-refractivity contribution is 5.93. The maximum atomic E-state index is 12.2. The zero-order valence-electron chi connectivity index (χ0n) is 12.4. The molecule has 0 aromatic carbocycles. The number of nitrogens with two attached hydrogens (primary N) is 2. The van der Waals surface area contributed by atoms with Crippen molar-refractivity contribution in [2.24, 2.45) is 16.8 Å². The summed E-state index contributed by atoms with van der Waals surface area (Å²) < 4.78 is 5.37. The number of hydrogen-bond acceptors (Lipinski definition) is 7. The molecule has 120 valence electrons. The smallest absolute Gasteiger partial charge is 0.270 e. The number of amides is 1. The molecule has 1 aliphatic rings. The average molecular weight is 307 g/mol. The highest BCUT2D eigenvalue weighted by Crippen LogP contribution is 2.11. The largest absolute Gasteiger partial charge is 0.378 e. The molecule has 1 amide bonds. The van der Waals surface area contributed by atoms with E-state index in [-0.39, 0.29) is 18.1 Å². The number of anilines is 1. The number of pyridine rings is 1. The number of hydrazine groups is 1. The van der Waals surface area contributed by atoms with E-state index in [9.17, 15) is 4.79 Å². The summed E-state index contributed by atoms with van der Waals surface area (Å²) in [5.74, 6) is 10.4. The summed E-state index contributed by atoms with van der Waals surface area (Å²) in [7, 11) is 1.64. The van der Waals surface area contributed by atoms with Crippen LogP contribution in [0.5, 0.6) is 0 Å². The first kappa shape index (κ1) is 16.1. The van der Waals surface area contributed by atoms with Crippen molar-refractivity contribution in [3.8, 4) is 0 Å². The molecule has 2 unspecified atom stereocenters. The van der Waals surface area contributed by atoms with E-state index in [4.69, 9.17) is 16.4 Å². The highest BCUT2D eigenvalue weighted by atomic mass is 16.5. The lowest BCUT2D eigenvalue weighted by Gasteiger charge is -2.31. The quantitative estimate of drug-likeness (QED) is 0.232. The monoisotopic (exact) mass is 307 g/mol. The standard InChI is InChI=1S/C13H21N7O2/c1-22-12-7-16-5-4-10(12)19-13(21)11-3-2-9(6-17-11)20(15)8-18-14/h2-3,6,8,10,12,16H,4-5,7,14-15H2,1H3,(H,19,21)/b18-8-. The Morgan fingerprint density at radius 1 is 1.64 bits per heavy atom. The average Bonchev–Trinajstić information content (AvgIpc) is 2.55. The Balaban J connectivity index is 2.00. The number of carbonyl (C=O) groups excluding carboxylic acids is 1. The molecular formula is C13H21N7O2. The van der Waals surface area contributed by atoms with E-state index < -0.39 is 0 Å². The van der Waals surface area contributed by atoms with Gasteiger partial charge in [-0.25, -0.2) is 10.8 Å². The lowest BCUT2D eigenvalue weighted by Crippen LogP contribution is -2.53. The summed E-state index contributed by atoms with van der Waals surface area (Å²) in [6.07, 6.45) is 3.49. The minimum atomic E-state index is -0.239. The third-order valence-electron chi connectivity index (χ3n) is 3.52. The van der Waals surface area contributed by atoms with Crippen LogP contribution < -0.4 is 27.3 Å². The predicted octanol–water partition coefficient (Wildman–Crippen LogP) is -1.23.